The number of methoxy groups -OCH3 is 2. The number of hydrogen-bond acceptors (Lipinski definition) is 5. The van der Waals surface area contributed by atoms with Gasteiger partial charge in [-0.15, -0.1) is 0 Å². The first-order valence-corrected chi connectivity index (χ1v) is 9.12. The Labute approximate surface area is 164 Å². The van der Waals surface area contributed by atoms with Crippen LogP contribution in [0, 0.1) is 5.92 Å². The van der Waals surface area contributed by atoms with Crippen molar-refractivity contribution < 1.29 is 23.8 Å². The molecule has 7 heteroatoms. The van der Waals surface area contributed by atoms with Crippen LogP contribution in [0.1, 0.15) is 13.3 Å². The SMILES string of the molecule is CCOc1ccccc1N1CC(C(=O)Nc2cc(OC)ccc2OC)CC1=O. The van der Waals surface area contributed by atoms with Gasteiger partial charge in [0.2, 0.25) is 11.8 Å². The number of anilines is 2. The summed E-state index contributed by atoms with van der Waals surface area (Å²) in [6.45, 7) is 2.68. The molecular formula is C21H24N2O5. The van der Waals surface area contributed by atoms with Gasteiger partial charge in [0.25, 0.3) is 0 Å². The van der Waals surface area contributed by atoms with E-state index in [2.05, 4.69) is 5.32 Å². The van der Waals surface area contributed by atoms with E-state index in [0.717, 1.165) is 0 Å². The van der Waals surface area contributed by atoms with Crippen molar-refractivity contribution in [2.45, 2.75) is 13.3 Å². The Hall–Kier alpha value is -3.22. The fourth-order valence-corrected chi connectivity index (χ4v) is 3.22. The van der Waals surface area contributed by atoms with Crippen LogP contribution in [-0.4, -0.2) is 39.2 Å². The predicted molar refractivity (Wildman–Crippen MR) is 106 cm³/mol. The summed E-state index contributed by atoms with van der Waals surface area (Å²) in [5.41, 5.74) is 1.19. The van der Waals surface area contributed by atoms with E-state index in [0.29, 0.717) is 41.8 Å². The van der Waals surface area contributed by atoms with Crippen LogP contribution in [0.2, 0.25) is 0 Å². The summed E-state index contributed by atoms with van der Waals surface area (Å²) in [4.78, 5) is 27.0. The van der Waals surface area contributed by atoms with Crippen molar-refractivity contribution in [2.75, 3.05) is 37.6 Å². The molecule has 1 atom stereocenters. The molecule has 3 rings (SSSR count). The zero-order valence-corrected chi connectivity index (χ0v) is 16.2. The third-order valence-corrected chi connectivity index (χ3v) is 4.62. The highest BCUT2D eigenvalue weighted by Crippen LogP contribution is 2.34. The molecule has 0 saturated carbocycles. The average molecular weight is 384 g/mol. The van der Waals surface area contributed by atoms with Gasteiger partial charge in [-0.05, 0) is 31.2 Å². The monoisotopic (exact) mass is 384 g/mol. The molecule has 0 radical (unpaired) electrons. The van der Waals surface area contributed by atoms with Gasteiger partial charge in [0.1, 0.15) is 17.2 Å². The van der Waals surface area contributed by atoms with Crippen LogP contribution in [0.15, 0.2) is 42.5 Å². The van der Waals surface area contributed by atoms with E-state index < -0.39 is 5.92 Å². The van der Waals surface area contributed by atoms with E-state index in [1.54, 1.807) is 30.2 Å². The Morgan fingerprint density at radius 1 is 1.14 bits per heavy atom. The smallest absolute Gasteiger partial charge is 0.229 e. The highest BCUT2D eigenvalue weighted by Gasteiger charge is 2.36. The number of amides is 2. The summed E-state index contributed by atoms with van der Waals surface area (Å²) in [7, 11) is 3.08. The molecule has 1 saturated heterocycles. The highest BCUT2D eigenvalue weighted by atomic mass is 16.5. The third kappa shape index (κ3) is 4.03. The highest BCUT2D eigenvalue weighted by molar-refractivity contribution is 6.04. The normalized spacial score (nSPS) is 16.0. The van der Waals surface area contributed by atoms with Crippen molar-refractivity contribution in [1.82, 2.24) is 0 Å². The summed E-state index contributed by atoms with van der Waals surface area (Å²) < 4.78 is 16.1. The number of nitrogens with one attached hydrogen (secondary N) is 1. The van der Waals surface area contributed by atoms with Gasteiger partial charge in [0.05, 0.1) is 38.1 Å². The van der Waals surface area contributed by atoms with Gasteiger partial charge in [-0.25, -0.2) is 0 Å². The van der Waals surface area contributed by atoms with Gasteiger partial charge in [0, 0.05) is 19.0 Å². The largest absolute Gasteiger partial charge is 0.497 e. The summed E-state index contributed by atoms with van der Waals surface area (Å²) in [6.07, 6.45) is 0.137. The summed E-state index contributed by atoms with van der Waals surface area (Å²) in [6, 6.07) is 12.5. The topological polar surface area (TPSA) is 77.1 Å². The maximum absolute atomic E-state index is 12.8. The van der Waals surface area contributed by atoms with Gasteiger partial charge in [0.15, 0.2) is 0 Å². The van der Waals surface area contributed by atoms with Crippen LogP contribution in [0.3, 0.4) is 0 Å². The predicted octanol–water partition coefficient (Wildman–Crippen LogP) is 3.09. The Kier molecular flexibility index (Phi) is 6.03. The molecule has 0 bridgehead atoms. The Balaban J connectivity index is 1.76. The number of carbonyl (C=O) groups excluding carboxylic acids is 2. The van der Waals surface area contributed by atoms with Gasteiger partial charge in [-0.3, -0.25) is 9.59 Å². The second-order valence-corrected chi connectivity index (χ2v) is 6.36. The van der Waals surface area contributed by atoms with Crippen molar-refractivity contribution in [1.29, 1.82) is 0 Å². The minimum absolute atomic E-state index is 0.107. The minimum atomic E-state index is -0.474. The van der Waals surface area contributed by atoms with Gasteiger partial charge in [-0.2, -0.15) is 0 Å². The molecule has 2 amide bonds. The van der Waals surface area contributed by atoms with E-state index in [4.69, 9.17) is 14.2 Å². The van der Waals surface area contributed by atoms with Crippen LogP contribution in [0.5, 0.6) is 17.2 Å². The molecular weight excluding hydrogens is 360 g/mol. The second kappa shape index (κ2) is 8.65. The van der Waals surface area contributed by atoms with Gasteiger partial charge < -0.3 is 24.4 Å². The zero-order valence-electron chi connectivity index (χ0n) is 16.2. The maximum Gasteiger partial charge on any atom is 0.229 e. The summed E-state index contributed by atoms with van der Waals surface area (Å²) in [5.74, 6) is 0.941. The molecule has 0 aromatic heterocycles. The van der Waals surface area contributed by atoms with E-state index >= 15 is 0 Å². The lowest BCUT2D eigenvalue weighted by molar-refractivity contribution is -0.122. The number of rotatable bonds is 7. The lowest BCUT2D eigenvalue weighted by atomic mass is 10.1. The van der Waals surface area contributed by atoms with Crippen molar-refractivity contribution >= 4 is 23.2 Å². The molecule has 1 aliphatic heterocycles. The summed E-state index contributed by atoms with van der Waals surface area (Å²) >= 11 is 0. The minimum Gasteiger partial charge on any atom is -0.497 e. The molecule has 0 spiro atoms. The van der Waals surface area contributed by atoms with Crippen LogP contribution in [-0.2, 0) is 9.59 Å². The third-order valence-electron chi connectivity index (χ3n) is 4.62. The Morgan fingerprint density at radius 2 is 1.93 bits per heavy atom. The first kappa shape index (κ1) is 19.5. The molecule has 1 N–H and O–H groups in total. The quantitative estimate of drug-likeness (QED) is 0.794. The molecule has 1 heterocycles. The van der Waals surface area contributed by atoms with E-state index in [9.17, 15) is 9.59 Å². The Bertz CT molecular complexity index is 868. The maximum atomic E-state index is 12.8. The van der Waals surface area contributed by atoms with Crippen molar-refractivity contribution in [2.24, 2.45) is 5.92 Å². The number of para-hydroxylation sites is 2. The van der Waals surface area contributed by atoms with Crippen molar-refractivity contribution in [3.05, 3.63) is 42.5 Å². The van der Waals surface area contributed by atoms with E-state index in [-0.39, 0.29) is 18.2 Å². The number of carbonyl (C=O) groups is 2. The van der Waals surface area contributed by atoms with Crippen LogP contribution < -0.4 is 24.4 Å². The van der Waals surface area contributed by atoms with Gasteiger partial charge >= 0.3 is 0 Å². The standard InChI is InChI=1S/C21H24N2O5/c1-4-28-19-8-6-5-7-17(19)23-13-14(11-20(23)24)21(25)22-16-12-15(26-2)9-10-18(16)27-3/h5-10,12,14H,4,11,13H2,1-3H3,(H,22,25). The number of benzene rings is 2. The van der Waals surface area contributed by atoms with Gasteiger partial charge in [-0.1, -0.05) is 12.1 Å². The first-order chi connectivity index (χ1) is 13.6. The van der Waals surface area contributed by atoms with Crippen LogP contribution >= 0.6 is 0 Å². The average Bonchev–Trinajstić information content (AvgIpc) is 3.10. The molecule has 2 aromatic rings. The van der Waals surface area contributed by atoms with Crippen LogP contribution in [0.25, 0.3) is 0 Å². The molecule has 2 aromatic carbocycles. The molecule has 28 heavy (non-hydrogen) atoms. The number of ether oxygens (including phenoxy) is 3. The van der Waals surface area contributed by atoms with Crippen molar-refractivity contribution in [3.63, 3.8) is 0 Å². The van der Waals surface area contributed by atoms with Crippen LogP contribution in [0.4, 0.5) is 11.4 Å². The lowest BCUT2D eigenvalue weighted by Crippen LogP contribution is -2.28. The van der Waals surface area contributed by atoms with E-state index in [1.165, 1.54) is 7.11 Å². The molecule has 0 aliphatic carbocycles. The van der Waals surface area contributed by atoms with E-state index in [1.807, 2.05) is 31.2 Å². The molecule has 1 aliphatic rings. The molecule has 1 unspecified atom stereocenters. The molecule has 1 fully saturated rings. The summed E-state index contributed by atoms with van der Waals surface area (Å²) in [5, 5.41) is 2.86. The molecule has 7 nitrogen and oxygen atoms in total. The fourth-order valence-electron chi connectivity index (χ4n) is 3.22. The second-order valence-electron chi connectivity index (χ2n) is 6.36. The first-order valence-electron chi connectivity index (χ1n) is 9.12. The zero-order chi connectivity index (χ0) is 20.1. The number of hydrogen-bond donors (Lipinski definition) is 1. The lowest BCUT2D eigenvalue weighted by Gasteiger charge is -2.20. The fraction of sp³-hybridized carbons (Fsp3) is 0.333. The molecule has 148 valence electrons. The Morgan fingerprint density at radius 3 is 2.64 bits per heavy atom. The number of nitrogens with zero attached hydrogens (tertiary/aromatic N) is 1. The van der Waals surface area contributed by atoms with Crippen molar-refractivity contribution in [3.8, 4) is 17.2 Å².